The number of likely N-dealkylation sites (tertiary alicyclic amines) is 1. The molecular weight excluding hydrogens is 224 g/mol. The van der Waals surface area contributed by atoms with Crippen LogP contribution < -0.4 is 0 Å². The molecular formula is C15H18N2O. The van der Waals surface area contributed by atoms with Crippen LogP contribution in [-0.4, -0.2) is 31.1 Å². The second-order valence-electron chi connectivity index (χ2n) is 5.63. The molecule has 3 nitrogen and oxygen atoms in total. The van der Waals surface area contributed by atoms with Gasteiger partial charge in [-0.1, -0.05) is 24.3 Å². The molecule has 2 aliphatic rings. The number of hydrogen-bond acceptors (Lipinski definition) is 3. The molecule has 0 atom stereocenters. The maximum atomic E-state index is 10.6. The minimum Gasteiger partial charge on any atom is -0.305 e. The van der Waals surface area contributed by atoms with Gasteiger partial charge in [0.2, 0.25) is 6.08 Å². The Hall–Kier alpha value is -1.44. The molecule has 3 heteroatoms. The summed E-state index contributed by atoms with van der Waals surface area (Å²) in [7, 11) is 2.15. The first-order chi connectivity index (χ1) is 8.73. The van der Waals surface area contributed by atoms with Crippen LogP contribution in [-0.2, 0) is 10.3 Å². The van der Waals surface area contributed by atoms with Gasteiger partial charge in [-0.3, -0.25) is 0 Å². The molecule has 2 fully saturated rings. The Bertz CT molecular complexity index is 478. The zero-order chi connectivity index (χ0) is 12.6. The monoisotopic (exact) mass is 242 g/mol. The molecule has 18 heavy (non-hydrogen) atoms. The molecule has 1 saturated carbocycles. The number of rotatable bonds is 3. The van der Waals surface area contributed by atoms with Gasteiger partial charge < -0.3 is 4.90 Å². The van der Waals surface area contributed by atoms with Crippen LogP contribution in [0.3, 0.4) is 0 Å². The largest absolute Gasteiger partial charge is 0.305 e. The maximum absolute atomic E-state index is 10.6. The SMILES string of the molecule is CN1CC(c2ccc(C3(N=C=O)CCC3)cc2)C1. The van der Waals surface area contributed by atoms with Crippen molar-refractivity contribution in [1.82, 2.24) is 4.90 Å². The maximum Gasteiger partial charge on any atom is 0.235 e. The molecule has 0 bridgehead atoms. The van der Waals surface area contributed by atoms with E-state index in [1.807, 2.05) is 0 Å². The Balaban J connectivity index is 1.80. The van der Waals surface area contributed by atoms with Crippen LogP contribution in [0.15, 0.2) is 29.3 Å². The van der Waals surface area contributed by atoms with Gasteiger partial charge in [-0.05, 0) is 37.4 Å². The minimum atomic E-state index is -0.253. The first-order valence-corrected chi connectivity index (χ1v) is 6.61. The summed E-state index contributed by atoms with van der Waals surface area (Å²) in [5.74, 6) is 0.677. The summed E-state index contributed by atoms with van der Waals surface area (Å²) in [6.07, 6.45) is 4.86. The van der Waals surface area contributed by atoms with Crippen LogP contribution in [0.5, 0.6) is 0 Å². The van der Waals surface area contributed by atoms with Gasteiger partial charge in [0.1, 0.15) is 0 Å². The molecule has 1 aliphatic carbocycles. The number of hydrogen-bond donors (Lipinski definition) is 0. The third-order valence-corrected chi connectivity index (χ3v) is 4.42. The number of carbonyl (C=O) groups excluding carboxylic acids is 1. The Morgan fingerprint density at radius 3 is 2.39 bits per heavy atom. The molecule has 0 spiro atoms. The average molecular weight is 242 g/mol. The highest BCUT2D eigenvalue weighted by Crippen LogP contribution is 2.44. The van der Waals surface area contributed by atoms with E-state index < -0.39 is 0 Å². The second kappa shape index (κ2) is 4.34. The molecule has 94 valence electrons. The molecule has 0 N–H and O–H groups in total. The fraction of sp³-hybridized carbons (Fsp3) is 0.533. The van der Waals surface area contributed by atoms with Crippen molar-refractivity contribution in [2.75, 3.05) is 20.1 Å². The summed E-state index contributed by atoms with van der Waals surface area (Å²) in [5.41, 5.74) is 2.33. The fourth-order valence-corrected chi connectivity index (χ4v) is 3.04. The molecule has 0 aromatic heterocycles. The van der Waals surface area contributed by atoms with Crippen LogP contribution in [0.4, 0.5) is 0 Å². The standard InChI is InChI=1S/C15H18N2O/c1-17-9-13(10-17)12-3-5-14(6-4-12)15(16-11-18)7-2-8-15/h3-6,13H,2,7-10H2,1H3. The lowest BCUT2D eigenvalue weighted by Gasteiger charge is -2.38. The van der Waals surface area contributed by atoms with E-state index in [-0.39, 0.29) is 5.54 Å². The van der Waals surface area contributed by atoms with Gasteiger partial charge in [-0.25, -0.2) is 4.79 Å². The van der Waals surface area contributed by atoms with Crippen LogP contribution in [0.1, 0.15) is 36.3 Å². The molecule has 0 unspecified atom stereocenters. The van der Waals surface area contributed by atoms with E-state index in [9.17, 15) is 4.79 Å². The van der Waals surface area contributed by atoms with Crippen molar-refractivity contribution in [3.8, 4) is 0 Å². The van der Waals surface area contributed by atoms with Crippen molar-refractivity contribution in [1.29, 1.82) is 0 Å². The molecule has 0 radical (unpaired) electrons. The summed E-state index contributed by atoms with van der Waals surface area (Å²) in [6, 6.07) is 8.70. The summed E-state index contributed by atoms with van der Waals surface area (Å²) >= 11 is 0. The van der Waals surface area contributed by atoms with Crippen LogP contribution >= 0.6 is 0 Å². The van der Waals surface area contributed by atoms with E-state index in [0.717, 1.165) is 32.4 Å². The van der Waals surface area contributed by atoms with Crippen LogP contribution in [0, 0.1) is 0 Å². The smallest absolute Gasteiger partial charge is 0.235 e. The van der Waals surface area contributed by atoms with Crippen molar-refractivity contribution in [2.24, 2.45) is 4.99 Å². The van der Waals surface area contributed by atoms with E-state index in [0.29, 0.717) is 5.92 Å². The molecule has 1 aromatic carbocycles. The average Bonchev–Trinajstić information content (AvgIpc) is 2.30. The Labute approximate surface area is 108 Å². The molecule has 3 rings (SSSR count). The van der Waals surface area contributed by atoms with Crippen LogP contribution in [0.2, 0.25) is 0 Å². The van der Waals surface area contributed by atoms with Crippen LogP contribution in [0.25, 0.3) is 0 Å². The van der Waals surface area contributed by atoms with E-state index in [2.05, 4.69) is 41.2 Å². The highest BCUT2D eigenvalue weighted by atomic mass is 16.1. The quantitative estimate of drug-likeness (QED) is 0.602. The van der Waals surface area contributed by atoms with E-state index >= 15 is 0 Å². The van der Waals surface area contributed by atoms with Crippen molar-refractivity contribution < 1.29 is 4.79 Å². The van der Waals surface area contributed by atoms with Crippen molar-refractivity contribution in [2.45, 2.75) is 30.7 Å². The predicted molar refractivity (Wildman–Crippen MR) is 70.3 cm³/mol. The summed E-state index contributed by atoms with van der Waals surface area (Å²) in [5, 5.41) is 0. The van der Waals surface area contributed by atoms with Crippen molar-refractivity contribution in [3.05, 3.63) is 35.4 Å². The zero-order valence-electron chi connectivity index (χ0n) is 10.7. The van der Waals surface area contributed by atoms with Gasteiger partial charge in [0.25, 0.3) is 0 Å². The first kappa shape index (κ1) is 11.6. The second-order valence-corrected chi connectivity index (χ2v) is 5.63. The highest BCUT2D eigenvalue weighted by molar-refractivity contribution is 5.40. The third kappa shape index (κ3) is 1.80. The summed E-state index contributed by atoms with van der Waals surface area (Å²) < 4.78 is 0. The molecule has 1 saturated heterocycles. The zero-order valence-corrected chi connectivity index (χ0v) is 10.7. The number of isocyanates is 1. The molecule has 0 amide bonds. The van der Waals surface area contributed by atoms with E-state index in [1.165, 1.54) is 11.1 Å². The lowest BCUT2D eigenvalue weighted by atomic mass is 9.72. The van der Waals surface area contributed by atoms with Crippen molar-refractivity contribution in [3.63, 3.8) is 0 Å². The first-order valence-electron chi connectivity index (χ1n) is 6.61. The Morgan fingerprint density at radius 1 is 1.28 bits per heavy atom. The van der Waals surface area contributed by atoms with Gasteiger partial charge >= 0.3 is 0 Å². The molecule has 1 aromatic rings. The molecule has 1 aliphatic heterocycles. The van der Waals surface area contributed by atoms with Gasteiger partial charge in [0.15, 0.2) is 0 Å². The van der Waals surface area contributed by atoms with E-state index in [4.69, 9.17) is 0 Å². The van der Waals surface area contributed by atoms with Gasteiger partial charge in [-0.2, -0.15) is 4.99 Å². The number of nitrogens with zero attached hydrogens (tertiary/aromatic N) is 2. The highest BCUT2D eigenvalue weighted by Gasteiger charge is 2.38. The lowest BCUT2D eigenvalue weighted by molar-refractivity contribution is 0.189. The predicted octanol–water partition coefficient (Wildman–Crippen LogP) is 2.43. The Kier molecular flexibility index (Phi) is 2.81. The number of benzene rings is 1. The van der Waals surface area contributed by atoms with Gasteiger partial charge in [0.05, 0.1) is 5.54 Å². The topological polar surface area (TPSA) is 32.7 Å². The number of aliphatic imine (C=N–C) groups is 1. The van der Waals surface area contributed by atoms with Crippen molar-refractivity contribution >= 4 is 6.08 Å². The fourth-order valence-electron chi connectivity index (χ4n) is 3.04. The van der Waals surface area contributed by atoms with Gasteiger partial charge in [-0.15, -0.1) is 0 Å². The lowest BCUT2D eigenvalue weighted by Crippen LogP contribution is -2.41. The van der Waals surface area contributed by atoms with E-state index in [1.54, 1.807) is 6.08 Å². The minimum absolute atomic E-state index is 0.253. The normalized spacial score (nSPS) is 22.7. The third-order valence-electron chi connectivity index (χ3n) is 4.42. The van der Waals surface area contributed by atoms with Gasteiger partial charge in [0, 0.05) is 19.0 Å². The molecule has 1 heterocycles. The Morgan fingerprint density at radius 2 is 1.94 bits per heavy atom. The summed E-state index contributed by atoms with van der Waals surface area (Å²) in [4.78, 5) is 16.9. The summed E-state index contributed by atoms with van der Waals surface area (Å²) in [6.45, 7) is 2.30. The number of likely N-dealkylation sites (N-methyl/N-ethyl adjacent to an activating group) is 1.